The topological polar surface area (TPSA) is 28.2 Å². The van der Waals surface area contributed by atoms with Gasteiger partial charge in [0.1, 0.15) is 0 Å². The average Bonchev–Trinajstić information content (AvgIpc) is 3.03. The molecule has 0 fully saturated rings. The predicted octanol–water partition coefficient (Wildman–Crippen LogP) is 2.94. The molecule has 1 aliphatic rings. The van der Waals surface area contributed by atoms with E-state index in [1.807, 2.05) is 13.2 Å². The van der Waals surface area contributed by atoms with Gasteiger partial charge in [0.15, 0.2) is 5.13 Å². The summed E-state index contributed by atoms with van der Waals surface area (Å²) in [6.45, 7) is 4.13. The number of benzene rings is 1. The Hall–Kier alpha value is -1.39. The van der Waals surface area contributed by atoms with E-state index >= 15 is 0 Å². The van der Waals surface area contributed by atoms with Crippen LogP contribution in [-0.4, -0.2) is 12.0 Å². The summed E-state index contributed by atoms with van der Waals surface area (Å²) in [6.07, 6.45) is 1.99. The van der Waals surface area contributed by atoms with Crippen molar-refractivity contribution in [1.29, 1.82) is 0 Å². The van der Waals surface area contributed by atoms with Gasteiger partial charge < -0.3 is 10.2 Å². The molecule has 2 heterocycles. The summed E-state index contributed by atoms with van der Waals surface area (Å²) in [5.41, 5.74) is 2.85. The molecule has 0 aliphatic carbocycles. The summed E-state index contributed by atoms with van der Waals surface area (Å²) in [4.78, 5) is 8.20. The standard InChI is InChI=1S/C14H17N3S/c1-10(15-2)13-7-16-14(18-13)17-8-11-5-3-4-6-12(11)9-17/h3-7,10,15H,8-9H2,1-2H3. The van der Waals surface area contributed by atoms with Crippen molar-refractivity contribution in [2.75, 3.05) is 11.9 Å². The maximum Gasteiger partial charge on any atom is 0.186 e. The maximum absolute atomic E-state index is 4.55. The van der Waals surface area contributed by atoms with E-state index in [0.29, 0.717) is 6.04 Å². The fourth-order valence-electron chi connectivity index (χ4n) is 2.23. The van der Waals surface area contributed by atoms with Crippen LogP contribution < -0.4 is 10.2 Å². The summed E-state index contributed by atoms with van der Waals surface area (Å²) in [5, 5.41) is 4.38. The number of hydrogen-bond donors (Lipinski definition) is 1. The van der Waals surface area contributed by atoms with E-state index < -0.39 is 0 Å². The lowest BCUT2D eigenvalue weighted by atomic mass is 10.1. The number of aromatic nitrogens is 1. The lowest BCUT2D eigenvalue weighted by Gasteiger charge is -2.13. The van der Waals surface area contributed by atoms with Gasteiger partial charge >= 0.3 is 0 Å². The highest BCUT2D eigenvalue weighted by atomic mass is 32.1. The number of anilines is 1. The number of nitrogens with one attached hydrogen (secondary N) is 1. The molecule has 4 heteroatoms. The third-order valence-corrected chi connectivity index (χ3v) is 4.72. The highest BCUT2D eigenvalue weighted by Gasteiger charge is 2.21. The smallest absolute Gasteiger partial charge is 0.186 e. The first-order valence-electron chi connectivity index (χ1n) is 6.22. The molecule has 1 unspecified atom stereocenters. The molecule has 0 bridgehead atoms. The minimum Gasteiger partial charge on any atom is -0.339 e. The zero-order chi connectivity index (χ0) is 12.5. The summed E-state index contributed by atoms with van der Waals surface area (Å²) in [6, 6.07) is 9.01. The van der Waals surface area contributed by atoms with E-state index in [9.17, 15) is 0 Å². The number of thiazole rings is 1. The molecule has 3 rings (SSSR count). The average molecular weight is 259 g/mol. The third-order valence-electron chi connectivity index (χ3n) is 3.48. The second-order valence-electron chi connectivity index (χ2n) is 4.68. The van der Waals surface area contributed by atoms with Crippen LogP contribution in [0.25, 0.3) is 0 Å². The molecule has 18 heavy (non-hydrogen) atoms. The van der Waals surface area contributed by atoms with Gasteiger partial charge in [-0.25, -0.2) is 4.98 Å². The lowest BCUT2D eigenvalue weighted by molar-refractivity contribution is 0.662. The Balaban J connectivity index is 1.80. The Kier molecular flexibility index (Phi) is 3.06. The quantitative estimate of drug-likeness (QED) is 0.918. The molecule has 3 nitrogen and oxygen atoms in total. The van der Waals surface area contributed by atoms with Gasteiger partial charge in [0.2, 0.25) is 0 Å². The van der Waals surface area contributed by atoms with Crippen molar-refractivity contribution in [3.05, 3.63) is 46.5 Å². The van der Waals surface area contributed by atoms with Crippen molar-refractivity contribution >= 4 is 16.5 Å². The SMILES string of the molecule is CNC(C)c1cnc(N2Cc3ccccc3C2)s1. The van der Waals surface area contributed by atoms with Gasteiger partial charge in [-0.2, -0.15) is 0 Å². The molecule has 0 radical (unpaired) electrons. The lowest BCUT2D eigenvalue weighted by Crippen LogP contribution is -2.13. The van der Waals surface area contributed by atoms with E-state index in [1.54, 1.807) is 11.3 Å². The van der Waals surface area contributed by atoms with Crippen LogP contribution in [0, 0.1) is 0 Å². The first-order valence-corrected chi connectivity index (χ1v) is 7.04. The van der Waals surface area contributed by atoms with Crippen LogP contribution in [0.3, 0.4) is 0 Å². The molecule has 1 aliphatic heterocycles. The second-order valence-corrected chi connectivity index (χ2v) is 5.72. The van der Waals surface area contributed by atoms with Crippen molar-refractivity contribution in [2.24, 2.45) is 0 Å². The zero-order valence-corrected chi connectivity index (χ0v) is 11.5. The third kappa shape index (κ3) is 2.02. The number of rotatable bonds is 3. The van der Waals surface area contributed by atoms with Gasteiger partial charge in [-0.05, 0) is 25.1 Å². The Morgan fingerprint density at radius 3 is 2.56 bits per heavy atom. The summed E-state index contributed by atoms with van der Waals surface area (Å²) in [7, 11) is 1.98. The summed E-state index contributed by atoms with van der Waals surface area (Å²) < 4.78 is 0. The molecule has 0 spiro atoms. The fourth-order valence-corrected chi connectivity index (χ4v) is 3.21. The molecule has 1 atom stereocenters. The largest absolute Gasteiger partial charge is 0.339 e. The van der Waals surface area contributed by atoms with Gasteiger partial charge in [0.25, 0.3) is 0 Å². The zero-order valence-electron chi connectivity index (χ0n) is 10.7. The van der Waals surface area contributed by atoms with Gasteiger partial charge in [-0.3, -0.25) is 0 Å². The van der Waals surface area contributed by atoms with Gasteiger partial charge in [-0.1, -0.05) is 24.3 Å². The Morgan fingerprint density at radius 2 is 1.94 bits per heavy atom. The fraction of sp³-hybridized carbons (Fsp3) is 0.357. The van der Waals surface area contributed by atoms with Crippen molar-refractivity contribution in [3.63, 3.8) is 0 Å². The van der Waals surface area contributed by atoms with Crippen LogP contribution in [0.1, 0.15) is 29.0 Å². The Labute approximate surface area is 111 Å². The number of nitrogens with zero attached hydrogens (tertiary/aromatic N) is 2. The minimum absolute atomic E-state index is 0.376. The number of fused-ring (bicyclic) bond motifs is 1. The van der Waals surface area contributed by atoms with Crippen LogP contribution in [0.15, 0.2) is 30.5 Å². The van der Waals surface area contributed by atoms with Gasteiger partial charge in [-0.15, -0.1) is 11.3 Å². The summed E-state index contributed by atoms with van der Waals surface area (Å²) >= 11 is 1.79. The van der Waals surface area contributed by atoms with E-state index in [4.69, 9.17) is 0 Å². The van der Waals surface area contributed by atoms with E-state index in [0.717, 1.165) is 18.2 Å². The van der Waals surface area contributed by atoms with Crippen LogP contribution in [0.2, 0.25) is 0 Å². The van der Waals surface area contributed by atoms with Crippen molar-refractivity contribution in [1.82, 2.24) is 10.3 Å². The van der Waals surface area contributed by atoms with Crippen LogP contribution in [0.4, 0.5) is 5.13 Å². The van der Waals surface area contributed by atoms with Gasteiger partial charge in [0.05, 0.1) is 0 Å². The van der Waals surface area contributed by atoms with Crippen LogP contribution in [-0.2, 0) is 13.1 Å². The predicted molar refractivity (Wildman–Crippen MR) is 75.9 cm³/mol. The highest BCUT2D eigenvalue weighted by molar-refractivity contribution is 7.15. The molecule has 0 saturated heterocycles. The minimum atomic E-state index is 0.376. The highest BCUT2D eigenvalue weighted by Crippen LogP contribution is 2.32. The van der Waals surface area contributed by atoms with E-state index in [-0.39, 0.29) is 0 Å². The monoisotopic (exact) mass is 259 g/mol. The summed E-state index contributed by atoms with van der Waals surface area (Å²) in [5.74, 6) is 0. The Bertz CT molecular complexity index is 524. The molecule has 1 aromatic heterocycles. The molecule has 1 aromatic carbocycles. The first-order chi connectivity index (χ1) is 8.78. The molecular formula is C14H17N3S. The van der Waals surface area contributed by atoms with E-state index in [1.165, 1.54) is 16.0 Å². The maximum atomic E-state index is 4.55. The van der Waals surface area contributed by atoms with E-state index in [2.05, 4.69) is 46.4 Å². The molecule has 1 N–H and O–H groups in total. The van der Waals surface area contributed by atoms with Crippen molar-refractivity contribution in [3.8, 4) is 0 Å². The molecular weight excluding hydrogens is 242 g/mol. The molecule has 0 saturated carbocycles. The molecule has 94 valence electrons. The Morgan fingerprint density at radius 1 is 1.28 bits per heavy atom. The van der Waals surface area contributed by atoms with Crippen molar-refractivity contribution in [2.45, 2.75) is 26.1 Å². The second kappa shape index (κ2) is 4.71. The van der Waals surface area contributed by atoms with Crippen LogP contribution >= 0.6 is 11.3 Å². The normalized spacial score (nSPS) is 15.8. The number of hydrogen-bond acceptors (Lipinski definition) is 4. The molecule has 0 amide bonds. The van der Waals surface area contributed by atoms with Crippen LogP contribution in [0.5, 0.6) is 0 Å². The van der Waals surface area contributed by atoms with Crippen molar-refractivity contribution < 1.29 is 0 Å². The first kappa shape index (κ1) is 11.7. The van der Waals surface area contributed by atoms with Gasteiger partial charge in [0, 0.05) is 30.2 Å². The molecule has 2 aromatic rings.